The minimum absolute atomic E-state index is 0.492. The average molecular weight is 236 g/mol. The van der Waals surface area contributed by atoms with Crippen LogP contribution < -0.4 is 11.1 Å². The van der Waals surface area contributed by atoms with Gasteiger partial charge in [-0.15, -0.1) is 0 Å². The molecule has 1 aromatic rings. The van der Waals surface area contributed by atoms with Crippen LogP contribution in [0.15, 0.2) is 18.2 Å². The van der Waals surface area contributed by atoms with Crippen LogP contribution in [-0.2, 0) is 11.2 Å². The van der Waals surface area contributed by atoms with E-state index in [0.717, 1.165) is 12.0 Å². The fourth-order valence-electron chi connectivity index (χ4n) is 1.36. The van der Waals surface area contributed by atoms with E-state index in [1.807, 2.05) is 32.9 Å². The number of ether oxygens (including phenoxy) is 1. The Balaban J connectivity index is 2.72. The molecule has 0 aliphatic heterocycles. The van der Waals surface area contributed by atoms with E-state index in [1.54, 1.807) is 6.07 Å². The minimum atomic E-state index is -0.512. The van der Waals surface area contributed by atoms with E-state index in [0.29, 0.717) is 11.4 Å². The van der Waals surface area contributed by atoms with Gasteiger partial charge in [-0.3, -0.25) is 5.32 Å². The minimum Gasteiger partial charge on any atom is -0.444 e. The maximum absolute atomic E-state index is 11.5. The zero-order valence-corrected chi connectivity index (χ0v) is 10.8. The highest BCUT2D eigenvalue weighted by molar-refractivity contribution is 5.89. The summed E-state index contributed by atoms with van der Waals surface area (Å²) in [7, 11) is 0. The van der Waals surface area contributed by atoms with Crippen LogP contribution in [0.3, 0.4) is 0 Å². The Morgan fingerprint density at radius 2 is 2.06 bits per heavy atom. The van der Waals surface area contributed by atoms with Gasteiger partial charge in [0, 0.05) is 0 Å². The van der Waals surface area contributed by atoms with E-state index in [1.165, 1.54) is 0 Å². The summed E-state index contributed by atoms with van der Waals surface area (Å²) >= 11 is 0. The van der Waals surface area contributed by atoms with Crippen LogP contribution in [0.5, 0.6) is 0 Å². The molecule has 0 atom stereocenters. The second-order valence-corrected chi connectivity index (χ2v) is 4.90. The molecule has 0 aliphatic carbocycles. The van der Waals surface area contributed by atoms with E-state index in [-0.39, 0.29) is 0 Å². The lowest BCUT2D eigenvalue weighted by Crippen LogP contribution is -2.27. The van der Waals surface area contributed by atoms with Gasteiger partial charge in [-0.2, -0.15) is 0 Å². The zero-order valence-electron chi connectivity index (χ0n) is 10.8. The van der Waals surface area contributed by atoms with Gasteiger partial charge in [0.25, 0.3) is 0 Å². The van der Waals surface area contributed by atoms with Crippen molar-refractivity contribution in [2.75, 3.05) is 11.1 Å². The van der Waals surface area contributed by atoms with Crippen LogP contribution in [0.4, 0.5) is 16.2 Å². The van der Waals surface area contributed by atoms with Crippen molar-refractivity contribution in [3.8, 4) is 0 Å². The van der Waals surface area contributed by atoms with Gasteiger partial charge >= 0.3 is 6.09 Å². The normalized spacial score (nSPS) is 11.1. The molecule has 0 unspecified atom stereocenters. The largest absolute Gasteiger partial charge is 0.444 e. The molecule has 1 aromatic carbocycles. The van der Waals surface area contributed by atoms with Crippen molar-refractivity contribution in [2.24, 2.45) is 0 Å². The average Bonchev–Trinajstić information content (AvgIpc) is 2.18. The molecule has 0 heterocycles. The van der Waals surface area contributed by atoms with E-state index in [9.17, 15) is 4.79 Å². The van der Waals surface area contributed by atoms with Gasteiger partial charge in [-0.25, -0.2) is 4.79 Å². The predicted octanol–water partition coefficient (Wildman–Crippen LogP) is 3.18. The summed E-state index contributed by atoms with van der Waals surface area (Å²) in [5.74, 6) is 0. The Labute approximate surface area is 102 Å². The van der Waals surface area contributed by atoms with Crippen LogP contribution in [0.1, 0.15) is 33.3 Å². The van der Waals surface area contributed by atoms with Crippen LogP contribution in [0.25, 0.3) is 0 Å². The topological polar surface area (TPSA) is 64.3 Å². The Hall–Kier alpha value is -1.71. The molecule has 0 spiro atoms. The van der Waals surface area contributed by atoms with Crippen LogP contribution in [0.2, 0.25) is 0 Å². The molecular weight excluding hydrogens is 216 g/mol. The predicted molar refractivity (Wildman–Crippen MR) is 70.1 cm³/mol. The van der Waals surface area contributed by atoms with Gasteiger partial charge in [-0.1, -0.05) is 13.0 Å². The molecule has 4 heteroatoms. The number of nitrogen functional groups attached to an aromatic ring is 1. The van der Waals surface area contributed by atoms with Crippen LogP contribution >= 0.6 is 0 Å². The van der Waals surface area contributed by atoms with Crippen molar-refractivity contribution in [1.82, 2.24) is 0 Å². The maximum Gasteiger partial charge on any atom is 0.412 e. The van der Waals surface area contributed by atoms with Crippen molar-refractivity contribution >= 4 is 17.5 Å². The molecule has 1 amide bonds. The lowest BCUT2D eigenvalue weighted by atomic mass is 10.1. The van der Waals surface area contributed by atoms with Gasteiger partial charge in [0.05, 0.1) is 11.4 Å². The van der Waals surface area contributed by atoms with E-state index in [2.05, 4.69) is 12.2 Å². The Morgan fingerprint density at radius 3 is 2.53 bits per heavy atom. The molecule has 94 valence electrons. The molecule has 17 heavy (non-hydrogen) atoms. The van der Waals surface area contributed by atoms with Crippen LogP contribution in [-0.4, -0.2) is 11.7 Å². The van der Waals surface area contributed by atoms with E-state index < -0.39 is 11.7 Å². The third-order valence-electron chi connectivity index (χ3n) is 2.16. The SMILES string of the molecule is CCc1ccc(NC(=O)OC(C)(C)C)c(N)c1. The first-order chi connectivity index (χ1) is 7.81. The van der Waals surface area contributed by atoms with E-state index in [4.69, 9.17) is 10.5 Å². The lowest BCUT2D eigenvalue weighted by molar-refractivity contribution is 0.0636. The number of rotatable bonds is 2. The first-order valence-corrected chi connectivity index (χ1v) is 5.70. The number of hydrogen-bond donors (Lipinski definition) is 2. The zero-order chi connectivity index (χ0) is 13.1. The second-order valence-electron chi connectivity index (χ2n) is 4.90. The molecule has 0 aliphatic rings. The summed E-state index contributed by atoms with van der Waals surface area (Å²) in [5, 5.41) is 2.63. The summed E-state index contributed by atoms with van der Waals surface area (Å²) < 4.78 is 5.15. The Kier molecular flexibility index (Phi) is 3.99. The summed E-state index contributed by atoms with van der Waals surface area (Å²) in [6.45, 7) is 7.50. The van der Waals surface area contributed by atoms with Gasteiger partial charge in [0.2, 0.25) is 0 Å². The molecular formula is C13H20N2O2. The number of aryl methyl sites for hydroxylation is 1. The number of amides is 1. The third kappa shape index (κ3) is 4.34. The number of benzene rings is 1. The molecule has 1 rings (SSSR count). The third-order valence-corrected chi connectivity index (χ3v) is 2.16. The summed E-state index contributed by atoms with van der Waals surface area (Å²) in [5.41, 5.74) is 7.59. The monoisotopic (exact) mass is 236 g/mol. The highest BCUT2D eigenvalue weighted by atomic mass is 16.6. The molecule has 0 saturated heterocycles. The maximum atomic E-state index is 11.5. The quantitative estimate of drug-likeness (QED) is 0.775. The second kappa shape index (κ2) is 5.08. The molecule has 0 aromatic heterocycles. The Morgan fingerprint density at radius 1 is 1.41 bits per heavy atom. The molecule has 0 fully saturated rings. The number of anilines is 2. The van der Waals surface area contributed by atoms with Crippen LogP contribution in [0, 0.1) is 0 Å². The lowest BCUT2D eigenvalue weighted by Gasteiger charge is -2.20. The molecule has 0 saturated carbocycles. The number of carbonyl (C=O) groups is 1. The van der Waals surface area contributed by atoms with Crippen molar-refractivity contribution < 1.29 is 9.53 Å². The number of hydrogen-bond acceptors (Lipinski definition) is 3. The van der Waals surface area contributed by atoms with Crippen molar-refractivity contribution in [3.05, 3.63) is 23.8 Å². The fourth-order valence-corrected chi connectivity index (χ4v) is 1.36. The Bertz CT molecular complexity index is 408. The highest BCUT2D eigenvalue weighted by Gasteiger charge is 2.16. The molecule has 0 radical (unpaired) electrons. The summed E-state index contributed by atoms with van der Waals surface area (Å²) in [6, 6.07) is 5.58. The van der Waals surface area contributed by atoms with Gasteiger partial charge < -0.3 is 10.5 Å². The smallest absolute Gasteiger partial charge is 0.412 e. The van der Waals surface area contributed by atoms with Crippen molar-refractivity contribution in [1.29, 1.82) is 0 Å². The van der Waals surface area contributed by atoms with Crippen molar-refractivity contribution in [3.63, 3.8) is 0 Å². The fraction of sp³-hybridized carbons (Fsp3) is 0.462. The first kappa shape index (κ1) is 13.4. The highest BCUT2D eigenvalue weighted by Crippen LogP contribution is 2.21. The number of nitrogens with one attached hydrogen (secondary N) is 1. The number of nitrogens with two attached hydrogens (primary N) is 1. The van der Waals surface area contributed by atoms with Gasteiger partial charge in [0.1, 0.15) is 5.60 Å². The number of carbonyl (C=O) groups excluding carboxylic acids is 1. The first-order valence-electron chi connectivity index (χ1n) is 5.70. The standard InChI is InChI=1S/C13H20N2O2/c1-5-9-6-7-11(10(14)8-9)15-12(16)17-13(2,3)4/h6-8H,5,14H2,1-4H3,(H,15,16). The molecule has 3 N–H and O–H groups in total. The van der Waals surface area contributed by atoms with Gasteiger partial charge in [0.15, 0.2) is 0 Å². The molecule has 4 nitrogen and oxygen atoms in total. The summed E-state index contributed by atoms with van der Waals surface area (Å²) in [6.07, 6.45) is 0.421. The van der Waals surface area contributed by atoms with E-state index >= 15 is 0 Å². The molecule has 0 bridgehead atoms. The summed E-state index contributed by atoms with van der Waals surface area (Å²) in [4.78, 5) is 11.5. The van der Waals surface area contributed by atoms with Gasteiger partial charge in [-0.05, 0) is 44.9 Å². The van der Waals surface area contributed by atoms with Crippen molar-refractivity contribution in [2.45, 2.75) is 39.7 Å².